The van der Waals surface area contributed by atoms with E-state index in [9.17, 15) is 4.79 Å². The lowest BCUT2D eigenvalue weighted by Gasteiger charge is -2.29. The summed E-state index contributed by atoms with van der Waals surface area (Å²) in [6.45, 7) is 2.61. The summed E-state index contributed by atoms with van der Waals surface area (Å²) in [5, 5.41) is 0. The SMILES string of the molecule is NC(=O)C1CCN(Cc2ncc3c(n2)CCC3)CC1. The summed E-state index contributed by atoms with van der Waals surface area (Å²) in [5.41, 5.74) is 7.89. The first-order valence-corrected chi connectivity index (χ1v) is 7.08. The number of primary amides is 1. The number of nitrogens with zero attached hydrogens (tertiary/aromatic N) is 3. The number of fused-ring (bicyclic) bond motifs is 1. The van der Waals surface area contributed by atoms with Crippen LogP contribution < -0.4 is 5.73 Å². The highest BCUT2D eigenvalue weighted by molar-refractivity contribution is 5.76. The highest BCUT2D eigenvalue weighted by atomic mass is 16.1. The van der Waals surface area contributed by atoms with E-state index in [0.29, 0.717) is 0 Å². The van der Waals surface area contributed by atoms with Gasteiger partial charge in [0.2, 0.25) is 5.91 Å². The van der Waals surface area contributed by atoms with Crippen LogP contribution in [0.3, 0.4) is 0 Å². The molecule has 102 valence electrons. The zero-order chi connectivity index (χ0) is 13.2. The van der Waals surface area contributed by atoms with Crippen molar-refractivity contribution in [2.45, 2.75) is 38.6 Å². The van der Waals surface area contributed by atoms with Gasteiger partial charge in [-0.05, 0) is 50.8 Å². The smallest absolute Gasteiger partial charge is 0.220 e. The topological polar surface area (TPSA) is 72.1 Å². The highest BCUT2D eigenvalue weighted by Crippen LogP contribution is 2.21. The van der Waals surface area contributed by atoms with Gasteiger partial charge in [0, 0.05) is 17.8 Å². The van der Waals surface area contributed by atoms with Crippen molar-refractivity contribution in [3.8, 4) is 0 Å². The monoisotopic (exact) mass is 260 g/mol. The Balaban J connectivity index is 1.59. The van der Waals surface area contributed by atoms with E-state index in [4.69, 9.17) is 5.73 Å². The molecule has 0 spiro atoms. The molecule has 5 nitrogen and oxygen atoms in total. The van der Waals surface area contributed by atoms with Crippen molar-refractivity contribution in [2.75, 3.05) is 13.1 Å². The highest BCUT2D eigenvalue weighted by Gasteiger charge is 2.23. The molecule has 0 atom stereocenters. The number of aryl methyl sites for hydroxylation is 2. The van der Waals surface area contributed by atoms with Crippen LogP contribution in [-0.4, -0.2) is 33.9 Å². The number of carbonyl (C=O) groups is 1. The molecule has 2 aliphatic rings. The number of likely N-dealkylation sites (tertiary alicyclic amines) is 1. The van der Waals surface area contributed by atoms with Crippen LogP contribution >= 0.6 is 0 Å². The third-order valence-electron chi connectivity index (χ3n) is 4.22. The Morgan fingerprint density at radius 3 is 2.89 bits per heavy atom. The average molecular weight is 260 g/mol. The maximum atomic E-state index is 11.1. The van der Waals surface area contributed by atoms with Gasteiger partial charge in [0.25, 0.3) is 0 Å². The van der Waals surface area contributed by atoms with Crippen LogP contribution in [0.2, 0.25) is 0 Å². The molecule has 1 aromatic rings. The van der Waals surface area contributed by atoms with Crippen LogP contribution in [0.4, 0.5) is 0 Å². The fourth-order valence-electron chi connectivity index (χ4n) is 3.01. The summed E-state index contributed by atoms with van der Waals surface area (Å²) >= 11 is 0. The largest absolute Gasteiger partial charge is 0.369 e. The minimum Gasteiger partial charge on any atom is -0.369 e. The van der Waals surface area contributed by atoms with Gasteiger partial charge >= 0.3 is 0 Å². The molecular weight excluding hydrogens is 240 g/mol. The molecule has 0 aromatic carbocycles. The Morgan fingerprint density at radius 2 is 2.16 bits per heavy atom. The van der Waals surface area contributed by atoms with E-state index in [2.05, 4.69) is 14.9 Å². The first-order chi connectivity index (χ1) is 9.22. The molecule has 1 aliphatic heterocycles. The van der Waals surface area contributed by atoms with E-state index in [-0.39, 0.29) is 11.8 Å². The second-order valence-corrected chi connectivity index (χ2v) is 5.56. The van der Waals surface area contributed by atoms with Crippen LogP contribution in [0.25, 0.3) is 0 Å². The first kappa shape index (κ1) is 12.5. The van der Waals surface area contributed by atoms with Gasteiger partial charge in [-0.25, -0.2) is 9.97 Å². The second kappa shape index (κ2) is 5.25. The van der Waals surface area contributed by atoms with Crippen molar-refractivity contribution >= 4 is 5.91 Å². The third kappa shape index (κ3) is 2.76. The Labute approximate surface area is 113 Å². The van der Waals surface area contributed by atoms with Crippen molar-refractivity contribution < 1.29 is 4.79 Å². The molecule has 2 N–H and O–H groups in total. The van der Waals surface area contributed by atoms with Gasteiger partial charge in [-0.1, -0.05) is 0 Å². The second-order valence-electron chi connectivity index (χ2n) is 5.56. The zero-order valence-electron chi connectivity index (χ0n) is 11.1. The lowest BCUT2D eigenvalue weighted by molar-refractivity contribution is -0.123. The van der Waals surface area contributed by atoms with Crippen LogP contribution in [-0.2, 0) is 24.2 Å². The summed E-state index contributed by atoms with van der Waals surface area (Å²) in [6.07, 6.45) is 7.13. The number of carbonyl (C=O) groups excluding carboxylic acids is 1. The van der Waals surface area contributed by atoms with Gasteiger partial charge in [-0.15, -0.1) is 0 Å². The van der Waals surface area contributed by atoms with E-state index in [1.165, 1.54) is 17.7 Å². The summed E-state index contributed by atoms with van der Waals surface area (Å²) in [6, 6.07) is 0. The van der Waals surface area contributed by atoms with Crippen LogP contribution in [0.5, 0.6) is 0 Å². The van der Waals surface area contributed by atoms with Gasteiger partial charge in [0.15, 0.2) is 0 Å². The molecule has 19 heavy (non-hydrogen) atoms. The number of aromatic nitrogens is 2. The fourth-order valence-corrected chi connectivity index (χ4v) is 3.01. The fraction of sp³-hybridized carbons (Fsp3) is 0.643. The molecule has 0 bridgehead atoms. The molecule has 0 unspecified atom stereocenters. The van der Waals surface area contributed by atoms with Gasteiger partial charge in [0.1, 0.15) is 5.82 Å². The van der Waals surface area contributed by atoms with Crippen LogP contribution in [0.15, 0.2) is 6.20 Å². The predicted molar refractivity (Wildman–Crippen MR) is 71.3 cm³/mol. The Bertz CT molecular complexity index is 480. The lowest BCUT2D eigenvalue weighted by Crippen LogP contribution is -2.38. The number of rotatable bonds is 3. The molecule has 2 heterocycles. The van der Waals surface area contributed by atoms with E-state index in [0.717, 1.165) is 51.1 Å². The first-order valence-electron chi connectivity index (χ1n) is 7.08. The van der Waals surface area contributed by atoms with E-state index >= 15 is 0 Å². The van der Waals surface area contributed by atoms with E-state index in [1.807, 2.05) is 6.20 Å². The molecule has 5 heteroatoms. The molecule has 0 radical (unpaired) electrons. The zero-order valence-corrected chi connectivity index (χ0v) is 11.1. The maximum Gasteiger partial charge on any atom is 0.220 e. The van der Waals surface area contributed by atoms with Crippen molar-refractivity contribution in [3.05, 3.63) is 23.3 Å². The minimum absolute atomic E-state index is 0.0530. The summed E-state index contributed by atoms with van der Waals surface area (Å²) in [5.74, 6) is 0.809. The normalized spacial score (nSPS) is 20.4. The molecule has 1 amide bonds. The quantitative estimate of drug-likeness (QED) is 0.866. The predicted octanol–water partition coefficient (Wildman–Crippen LogP) is 0.663. The number of nitrogens with two attached hydrogens (primary N) is 1. The number of piperidine rings is 1. The summed E-state index contributed by atoms with van der Waals surface area (Å²) in [7, 11) is 0. The maximum absolute atomic E-state index is 11.1. The Morgan fingerprint density at radius 1 is 1.37 bits per heavy atom. The van der Waals surface area contributed by atoms with E-state index < -0.39 is 0 Å². The third-order valence-corrected chi connectivity index (χ3v) is 4.22. The molecule has 3 rings (SSSR count). The summed E-state index contributed by atoms with van der Waals surface area (Å²) < 4.78 is 0. The van der Waals surface area contributed by atoms with Crippen molar-refractivity contribution in [1.29, 1.82) is 0 Å². The Kier molecular flexibility index (Phi) is 3.46. The standard InChI is InChI=1S/C14H20N4O/c15-14(19)10-4-6-18(7-5-10)9-13-16-8-11-2-1-3-12(11)17-13/h8,10H,1-7,9H2,(H2,15,19). The Hall–Kier alpha value is -1.49. The van der Waals surface area contributed by atoms with Gasteiger partial charge in [-0.3, -0.25) is 9.69 Å². The molecular formula is C14H20N4O. The number of hydrogen-bond acceptors (Lipinski definition) is 4. The molecule has 1 aliphatic carbocycles. The average Bonchev–Trinajstić information content (AvgIpc) is 2.87. The van der Waals surface area contributed by atoms with Gasteiger partial charge < -0.3 is 5.73 Å². The van der Waals surface area contributed by atoms with Crippen molar-refractivity contribution in [3.63, 3.8) is 0 Å². The number of hydrogen-bond donors (Lipinski definition) is 1. The number of amides is 1. The van der Waals surface area contributed by atoms with E-state index in [1.54, 1.807) is 0 Å². The van der Waals surface area contributed by atoms with Crippen LogP contribution in [0.1, 0.15) is 36.3 Å². The molecule has 1 saturated heterocycles. The molecule has 0 saturated carbocycles. The molecule has 1 aromatic heterocycles. The summed E-state index contributed by atoms with van der Waals surface area (Å²) in [4.78, 5) is 22.6. The van der Waals surface area contributed by atoms with Crippen molar-refractivity contribution in [1.82, 2.24) is 14.9 Å². The van der Waals surface area contributed by atoms with Crippen LogP contribution in [0, 0.1) is 5.92 Å². The minimum atomic E-state index is -0.159. The van der Waals surface area contributed by atoms with Gasteiger partial charge in [-0.2, -0.15) is 0 Å². The van der Waals surface area contributed by atoms with Crippen molar-refractivity contribution in [2.24, 2.45) is 11.7 Å². The van der Waals surface area contributed by atoms with Gasteiger partial charge in [0.05, 0.1) is 6.54 Å². The molecule has 1 fully saturated rings. The lowest BCUT2D eigenvalue weighted by atomic mass is 9.96.